The molecule has 1 N–H and O–H groups in total. The average Bonchev–Trinajstić information content (AvgIpc) is 2.72. The van der Waals surface area contributed by atoms with Gasteiger partial charge in [0.1, 0.15) is 5.82 Å². The summed E-state index contributed by atoms with van der Waals surface area (Å²) in [7, 11) is -1.01. The molecule has 0 amide bonds. The molecule has 2 heterocycles. The summed E-state index contributed by atoms with van der Waals surface area (Å²) in [5.41, 5.74) is 0.906. The lowest BCUT2D eigenvalue weighted by Gasteiger charge is -2.25. The summed E-state index contributed by atoms with van der Waals surface area (Å²) in [4.78, 5) is 11.1. The van der Waals surface area contributed by atoms with Crippen molar-refractivity contribution in [3.63, 3.8) is 0 Å². The van der Waals surface area contributed by atoms with E-state index in [1.54, 1.807) is 0 Å². The van der Waals surface area contributed by atoms with Gasteiger partial charge in [0.05, 0.1) is 11.5 Å². The molecule has 1 aromatic rings. The van der Waals surface area contributed by atoms with Gasteiger partial charge in [-0.05, 0) is 26.2 Å². The molecule has 1 aliphatic carbocycles. The summed E-state index contributed by atoms with van der Waals surface area (Å²) in [5.74, 6) is 1.94. The van der Waals surface area contributed by atoms with Gasteiger partial charge in [0, 0.05) is 30.9 Å². The molecule has 3 rings (SSSR count). The number of anilines is 2. The first-order valence-corrected chi connectivity index (χ1v) is 10.8. The van der Waals surface area contributed by atoms with Gasteiger partial charge in [-0.25, -0.2) is 13.4 Å². The molecule has 134 valence electrons. The van der Waals surface area contributed by atoms with Gasteiger partial charge in [-0.1, -0.05) is 25.7 Å². The molecule has 24 heavy (non-hydrogen) atoms. The summed E-state index contributed by atoms with van der Waals surface area (Å²) in [5, 5.41) is 3.57. The number of aryl methyl sites for hydroxylation is 1. The Morgan fingerprint density at radius 3 is 2.46 bits per heavy atom. The number of hydrogen-bond donors (Lipinski definition) is 1. The first kappa shape index (κ1) is 17.5. The van der Waals surface area contributed by atoms with Crippen LogP contribution >= 0.6 is 0 Å². The molecule has 1 atom stereocenters. The molecule has 2 fully saturated rings. The maximum absolute atomic E-state index is 11.7. The second-order valence-corrected chi connectivity index (χ2v) is 9.42. The van der Waals surface area contributed by atoms with E-state index in [9.17, 15) is 8.42 Å². The van der Waals surface area contributed by atoms with E-state index in [4.69, 9.17) is 0 Å². The summed E-state index contributed by atoms with van der Waals surface area (Å²) >= 11 is 0. The lowest BCUT2D eigenvalue weighted by Crippen LogP contribution is -2.34. The summed E-state index contributed by atoms with van der Waals surface area (Å²) in [6, 6.07) is 2.43. The number of aromatic nitrogens is 2. The van der Waals surface area contributed by atoms with Crippen LogP contribution in [0.3, 0.4) is 0 Å². The SMILES string of the molecule is Cc1cc(NC2CCCCCC2)nc(N(C)C2CCS(=O)(=O)C2)n1. The molecule has 1 saturated heterocycles. The van der Waals surface area contributed by atoms with Gasteiger partial charge < -0.3 is 10.2 Å². The molecule has 6 nitrogen and oxygen atoms in total. The largest absolute Gasteiger partial charge is 0.367 e. The topological polar surface area (TPSA) is 75.2 Å². The van der Waals surface area contributed by atoms with Crippen molar-refractivity contribution in [3.8, 4) is 0 Å². The Bertz CT molecular complexity index is 669. The molecule has 1 aliphatic heterocycles. The van der Waals surface area contributed by atoms with Gasteiger partial charge in [-0.3, -0.25) is 0 Å². The molecule has 2 aliphatic rings. The summed E-state index contributed by atoms with van der Waals surface area (Å²) < 4.78 is 23.5. The minimum absolute atomic E-state index is 0.0254. The average molecular weight is 353 g/mol. The smallest absolute Gasteiger partial charge is 0.227 e. The van der Waals surface area contributed by atoms with Gasteiger partial charge in [-0.15, -0.1) is 0 Å². The van der Waals surface area contributed by atoms with Crippen LogP contribution in [0.2, 0.25) is 0 Å². The van der Waals surface area contributed by atoms with E-state index < -0.39 is 9.84 Å². The molecule has 1 aromatic heterocycles. The zero-order valence-electron chi connectivity index (χ0n) is 14.7. The van der Waals surface area contributed by atoms with Crippen LogP contribution < -0.4 is 10.2 Å². The quantitative estimate of drug-likeness (QED) is 0.839. The van der Waals surface area contributed by atoms with Crippen LogP contribution in [0.15, 0.2) is 6.07 Å². The number of hydrogen-bond acceptors (Lipinski definition) is 6. The van der Waals surface area contributed by atoms with Crippen molar-refractivity contribution >= 4 is 21.6 Å². The number of nitrogens with zero attached hydrogens (tertiary/aromatic N) is 3. The highest BCUT2D eigenvalue weighted by Crippen LogP contribution is 2.24. The Hall–Kier alpha value is -1.37. The minimum Gasteiger partial charge on any atom is -0.367 e. The Balaban J connectivity index is 1.73. The third-order valence-corrected chi connectivity index (χ3v) is 6.87. The van der Waals surface area contributed by atoms with Crippen molar-refractivity contribution < 1.29 is 8.42 Å². The first-order valence-electron chi connectivity index (χ1n) is 8.98. The Morgan fingerprint density at radius 1 is 1.12 bits per heavy atom. The molecule has 1 saturated carbocycles. The van der Waals surface area contributed by atoms with Crippen LogP contribution in [0.25, 0.3) is 0 Å². The molecule has 0 radical (unpaired) electrons. The fourth-order valence-electron chi connectivity index (χ4n) is 3.66. The zero-order valence-corrected chi connectivity index (χ0v) is 15.5. The summed E-state index contributed by atoms with van der Waals surface area (Å²) in [6.07, 6.45) is 8.23. The van der Waals surface area contributed by atoms with Crippen molar-refractivity contribution in [2.24, 2.45) is 0 Å². The molecule has 0 spiro atoms. The number of sulfone groups is 1. The molecule has 1 unspecified atom stereocenters. The van der Waals surface area contributed by atoms with Crippen LogP contribution in [-0.4, -0.2) is 49.0 Å². The van der Waals surface area contributed by atoms with E-state index in [1.807, 2.05) is 24.9 Å². The lowest BCUT2D eigenvalue weighted by atomic mass is 10.1. The van der Waals surface area contributed by atoms with Gasteiger partial charge in [-0.2, -0.15) is 4.98 Å². The predicted molar refractivity (Wildman–Crippen MR) is 97.3 cm³/mol. The minimum atomic E-state index is -2.91. The Morgan fingerprint density at radius 2 is 1.83 bits per heavy atom. The van der Waals surface area contributed by atoms with Crippen molar-refractivity contribution in [2.75, 3.05) is 28.8 Å². The second kappa shape index (κ2) is 7.25. The Kier molecular flexibility index (Phi) is 5.27. The van der Waals surface area contributed by atoms with Gasteiger partial charge in [0.25, 0.3) is 0 Å². The molecular formula is C17H28N4O2S. The van der Waals surface area contributed by atoms with Crippen molar-refractivity contribution in [3.05, 3.63) is 11.8 Å². The number of rotatable bonds is 4. The standard InChI is InChI=1S/C17H28N4O2S/c1-13-11-16(19-14-7-5-3-4-6-8-14)20-17(18-13)21(2)15-9-10-24(22,23)12-15/h11,14-15H,3-10,12H2,1-2H3,(H,18,19,20). The van der Waals surface area contributed by atoms with Crippen molar-refractivity contribution in [1.29, 1.82) is 0 Å². The normalized spacial score (nSPS) is 24.5. The van der Waals surface area contributed by atoms with Crippen LogP contribution in [0.1, 0.15) is 50.6 Å². The van der Waals surface area contributed by atoms with Crippen LogP contribution in [0.4, 0.5) is 11.8 Å². The van der Waals surface area contributed by atoms with Gasteiger partial charge >= 0.3 is 0 Å². The van der Waals surface area contributed by atoms with Gasteiger partial charge in [0.15, 0.2) is 9.84 Å². The highest BCUT2D eigenvalue weighted by atomic mass is 32.2. The maximum Gasteiger partial charge on any atom is 0.227 e. The third-order valence-electron chi connectivity index (χ3n) is 5.12. The van der Waals surface area contributed by atoms with E-state index in [0.29, 0.717) is 18.4 Å². The van der Waals surface area contributed by atoms with E-state index in [-0.39, 0.29) is 17.5 Å². The first-order chi connectivity index (χ1) is 11.4. The fraction of sp³-hybridized carbons (Fsp3) is 0.765. The van der Waals surface area contributed by atoms with Crippen molar-refractivity contribution in [2.45, 2.75) is 64.0 Å². The van der Waals surface area contributed by atoms with Gasteiger partial charge in [0.2, 0.25) is 5.95 Å². The molecule has 0 aromatic carbocycles. The van der Waals surface area contributed by atoms with Crippen LogP contribution in [0, 0.1) is 6.92 Å². The monoisotopic (exact) mass is 352 g/mol. The predicted octanol–water partition coefficient (Wildman–Crippen LogP) is 2.54. The molecule has 0 bridgehead atoms. The van der Waals surface area contributed by atoms with E-state index in [1.165, 1.54) is 38.5 Å². The fourth-order valence-corrected chi connectivity index (χ4v) is 5.44. The summed E-state index contributed by atoms with van der Waals surface area (Å²) in [6.45, 7) is 1.96. The van der Waals surface area contributed by atoms with E-state index in [2.05, 4.69) is 15.3 Å². The van der Waals surface area contributed by atoms with Crippen LogP contribution in [0.5, 0.6) is 0 Å². The highest BCUT2D eigenvalue weighted by molar-refractivity contribution is 7.91. The second-order valence-electron chi connectivity index (χ2n) is 7.20. The number of nitrogens with one attached hydrogen (secondary N) is 1. The van der Waals surface area contributed by atoms with Crippen LogP contribution in [-0.2, 0) is 9.84 Å². The van der Waals surface area contributed by atoms with E-state index >= 15 is 0 Å². The van der Waals surface area contributed by atoms with E-state index in [0.717, 1.165) is 11.5 Å². The maximum atomic E-state index is 11.7. The molecular weight excluding hydrogens is 324 g/mol. The lowest BCUT2D eigenvalue weighted by molar-refractivity contribution is 0.600. The zero-order chi connectivity index (χ0) is 17.2. The third kappa shape index (κ3) is 4.37. The van der Waals surface area contributed by atoms with Crippen molar-refractivity contribution in [1.82, 2.24) is 9.97 Å². The Labute approximate surface area is 145 Å². The molecule has 7 heteroatoms. The highest BCUT2D eigenvalue weighted by Gasteiger charge is 2.32.